The maximum absolute atomic E-state index is 12.8. The van der Waals surface area contributed by atoms with E-state index < -0.39 is 17.7 Å². The highest BCUT2D eigenvalue weighted by molar-refractivity contribution is 5.96. The van der Waals surface area contributed by atoms with Crippen LogP contribution < -0.4 is 10.1 Å². The van der Waals surface area contributed by atoms with Gasteiger partial charge < -0.3 is 19.9 Å². The predicted octanol–water partition coefficient (Wildman–Crippen LogP) is 2.85. The molecular weight excluding hydrogens is 358 g/mol. The molecule has 0 saturated carbocycles. The molecule has 1 aromatic rings. The number of methoxy groups -OCH3 is 1. The molecule has 0 aromatic heterocycles. The van der Waals surface area contributed by atoms with Crippen LogP contribution in [0.1, 0.15) is 57.1 Å². The average Bonchev–Trinajstić information content (AvgIpc) is 3.23. The molecule has 0 radical (unpaired) electrons. The van der Waals surface area contributed by atoms with Crippen LogP contribution in [0, 0.1) is 0 Å². The highest BCUT2D eigenvalue weighted by atomic mass is 16.6. The number of carbonyl (C=O) groups excluding carboxylic acids is 2. The van der Waals surface area contributed by atoms with Crippen molar-refractivity contribution in [1.82, 2.24) is 5.32 Å². The van der Waals surface area contributed by atoms with E-state index in [2.05, 4.69) is 11.4 Å². The fourth-order valence-electron chi connectivity index (χ4n) is 3.55. The molecule has 1 heterocycles. The molecule has 1 fully saturated rings. The molecule has 1 saturated heterocycles. The van der Waals surface area contributed by atoms with E-state index in [1.54, 1.807) is 38.3 Å². The summed E-state index contributed by atoms with van der Waals surface area (Å²) in [5.41, 5.74) is 1.20. The molecule has 1 aliphatic carbocycles. The summed E-state index contributed by atoms with van der Waals surface area (Å²) in [5, 5.41) is 13.2. The van der Waals surface area contributed by atoms with Gasteiger partial charge in [0.25, 0.3) is 0 Å². The number of Topliss-reactive ketones (excluding diaryl/α,β-unsaturated/α-hetero) is 1. The van der Waals surface area contributed by atoms with Crippen molar-refractivity contribution in [2.24, 2.45) is 0 Å². The topological polar surface area (TPSA) is 88.2 Å². The van der Waals surface area contributed by atoms with E-state index >= 15 is 0 Å². The number of epoxide rings is 1. The quantitative estimate of drug-likeness (QED) is 0.476. The standard InChI is InChI=1S/C22H29NO5/c1-22(14-28-22)21(26)18(12-7-15-5-3-4-6-15)23-20(25)13-19(24)16-8-10-17(27-2)11-9-16/h5,8-11,18-19,24H,3-4,6-7,12-14H2,1-2H3,(H,23,25)/t18-,19-,22+/m0/s1. The second-order valence-corrected chi connectivity index (χ2v) is 7.79. The lowest BCUT2D eigenvalue weighted by molar-refractivity contribution is -0.131. The van der Waals surface area contributed by atoms with E-state index in [1.165, 1.54) is 5.57 Å². The van der Waals surface area contributed by atoms with Gasteiger partial charge in [-0.1, -0.05) is 23.8 Å². The number of allylic oxidation sites excluding steroid dienone is 2. The van der Waals surface area contributed by atoms with E-state index in [1.807, 2.05) is 0 Å². The first kappa shape index (κ1) is 20.6. The summed E-state index contributed by atoms with van der Waals surface area (Å²) in [5.74, 6) is 0.259. The van der Waals surface area contributed by atoms with Gasteiger partial charge in [0.15, 0.2) is 5.78 Å². The number of rotatable bonds is 10. The third-order valence-electron chi connectivity index (χ3n) is 5.52. The Morgan fingerprint density at radius 3 is 2.61 bits per heavy atom. The summed E-state index contributed by atoms with van der Waals surface area (Å²) in [6, 6.07) is 6.34. The predicted molar refractivity (Wildman–Crippen MR) is 105 cm³/mol. The van der Waals surface area contributed by atoms with Crippen LogP contribution in [0.15, 0.2) is 35.9 Å². The minimum atomic E-state index is -0.938. The van der Waals surface area contributed by atoms with Gasteiger partial charge in [0.2, 0.25) is 5.91 Å². The number of ketones is 1. The van der Waals surface area contributed by atoms with E-state index in [0.29, 0.717) is 24.3 Å². The second kappa shape index (κ2) is 8.88. The molecule has 1 aliphatic heterocycles. The van der Waals surface area contributed by atoms with Crippen LogP contribution in [0.25, 0.3) is 0 Å². The maximum Gasteiger partial charge on any atom is 0.223 e. The Morgan fingerprint density at radius 2 is 2.04 bits per heavy atom. The van der Waals surface area contributed by atoms with Crippen molar-refractivity contribution in [2.75, 3.05) is 13.7 Å². The second-order valence-electron chi connectivity index (χ2n) is 7.79. The summed E-state index contributed by atoms with van der Waals surface area (Å²) < 4.78 is 10.4. The molecule has 0 bridgehead atoms. The van der Waals surface area contributed by atoms with Crippen LogP contribution in [-0.2, 0) is 14.3 Å². The molecule has 28 heavy (non-hydrogen) atoms. The lowest BCUT2D eigenvalue weighted by atomic mass is 9.94. The number of benzene rings is 1. The molecule has 3 atom stereocenters. The lowest BCUT2D eigenvalue weighted by Crippen LogP contribution is -2.46. The average molecular weight is 387 g/mol. The van der Waals surface area contributed by atoms with Gasteiger partial charge >= 0.3 is 0 Å². The van der Waals surface area contributed by atoms with Gasteiger partial charge in [0.1, 0.15) is 11.4 Å². The van der Waals surface area contributed by atoms with E-state index in [9.17, 15) is 14.7 Å². The summed E-state index contributed by atoms with van der Waals surface area (Å²) in [7, 11) is 1.57. The van der Waals surface area contributed by atoms with Crippen LogP contribution >= 0.6 is 0 Å². The number of hydrogen-bond donors (Lipinski definition) is 2. The van der Waals surface area contributed by atoms with Crippen LogP contribution in [-0.4, -0.2) is 42.2 Å². The molecule has 1 amide bonds. The summed E-state index contributed by atoms with van der Waals surface area (Å²) in [4.78, 5) is 25.3. The molecule has 6 heteroatoms. The maximum atomic E-state index is 12.8. The van der Waals surface area contributed by atoms with Gasteiger partial charge in [-0.25, -0.2) is 0 Å². The molecule has 0 unspecified atom stereocenters. The van der Waals surface area contributed by atoms with Gasteiger partial charge in [-0.05, 0) is 56.7 Å². The first-order valence-electron chi connectivity index (χ1n) is 9.89. The fraction of sp³-hybridized carbons (Fsp3) is 0.545. The van der Waals surface area contributed by atoms with Gasteiger partial charge in [-0.2, -0.15) is 0 Å². The van der Waals surface area contributed by atoms with E-state index in [4.69, 9.17) is 9.47 Å². The summed E-state index contributed by atoms with van der Waals surface area (Å²) in [6.45, 7) is 2.16. The number of aliphatic hydroxyl groups excluding tert-OH is 1. The molecule has 152 valence electrons. The smallest absolute Gasteiger partial charge is 0.223 e. The fourth-order valence-corrected chi connectivity index (χ4v) is 3.55. The minimum absolute atomic E-state index is 0.0848. The minimum Gasteiger partial charge on any atom is -0.497 e. The molecule has 3 rings (SSSR count). The number of ether oxygens (including phenoxy) is 2. The van der Waals surface area contributed by atoms with Crippen molar-refractivity contribution in [3.63, 3.8) is 0 Å². The Kier molecular flexibility index (Phi) is 6.52. The van der Waals surface area contributed by atoms with Crippen molar-refractivity contribution in [3.05, 3.63) is 41.5 Å². The van der Waals surface area contributed by atoms with Crippen LogP contribution in [0.4, 0.5) is 0 Å². The van der Waals surface area contributed by atoms with Gasteiger partial charge in [0, 0.05) is 0 Å². The Morgan fingerprint density at radius 1 is 1.32 bits per heavy atom. The third kappa shape index (κ3) is 5.20. The zero-order valence-corrected chi connectivity index (χ0v) is 16.6. The molecule has 0 spiro atoms. The largest absolute Gasteiger partial charge is 0.497 e. The van der Waals surface area contributed by atoms with Crippen molar-refractivity contribution >= 4 is 11.7 Å². The number of hydrogen-bond acceptors (Lipinski definition) is 5. The van der Waals surface area contributed by atoms with Gasteiger partial charge in [-0.15, -0.1) is 0 Å². The molecular formula is C22H29NO5. The lowest BCUT2D eigenvalue weighted by Gasteiger charge is -2.21. The van der Waals surface area contributed by atoms with E-state index in [0.717, 1.165) is 25.7 Å². The van der Waals surface area contributed by atoms with Gasteiger partial charge in [-0.3, -0.25) is 9.59 Å². The Balaban J connectivity index is 1.58. The number of aliphatic hydroxyl groups is 1. The van der Waals surface area contributed by atoms with Gasteiger partial charge in [0.05, 0.1) is 32.3 Å². The van der Waals surface area contributed by atoms with Crippen molar-refractivity contribution in [3.8, 4) is 5.75 Å². The normalized spacial score (nSPS) is 22.9. The number of carbonyl (C=O) groups is 2. The first-order valence-corrected chi connectivity index (χ1v) is 9.89. The SMILES string of the molecule is COc1ccc([C@@H](O)CC(=O)N[C@@H](CCC2=CCCC2)C(=O)[C@@]2(C)CO2)cc1. The zero-order chi connectivity index (χ0) is 20.1. The highest BCUT2D eigenvalue weighted by Crippen LogP contribution is 2.31. The number of amides is 1. The zero-order valence-electron chi connectivity index (χ0n) is 16.6. The van der Waals surface area contributed by atoms with Crippen LogP contribution in [0.5, 0.6) is 5.75 Å². The monoisotopic (exact) mass is 387 g/mol. The summed E-state index contributed by atoms with van der Waals surface area (Å²) in [6.07, 6.45) is 5.87. The van der Waals surface area contributed by atoms with Crippen molar-refractivity contribution in [2.45, 2.75) is 63.2 Å². The van der Waals surface area contributed by atoms with Crippen LogP contribution in [0.3, 0.4) is 0 Å². The Bertz CT molecular complexity index is 736. The molecule has 2 aliphatic rings. The first-order chi connectivity index (χ1) is 13.4. The van der Waals surface area contributed by atoms with E-state index in [-0.39, 0.29) is 18.1 Å². The summed E-state index contributed by atoms with van der Waals surface area (Å²) >= 11 is 0. The van der Waals surface area contributed by atoms with Crippen LogP contribution in [0.2, 0.25) is 0 Å². The Hall–Kier alpha value is -2.18. The highest BCUT2D eigenvalue weighted by Gasteiger charge is 2.49. The molecule has 1 aromatic carbocycles. The third-order valence-corrected chi connectivity index (χ3v) is 5.52. The number of nitrogens with one attached hydrogen (secondary N) is 1. The molecule has 6 nitrogen and oxygen atoms in total. The van der Waals surface area contributed by atoms with Crippen molar-refractivity contribution in [1.29, 1.82) is 0 Å². The van der Waals surface area contributed by atoms with Crippen molar-refractivity contribution < 1.29 is 24.2 Å². The Labute approximate surface area is 165 Å². The molecule has 2 N–H and O–H groups in total.